The fourth-order valence-electron chi connectivity index (χ4n) is 2.71. The molecular weight excluding hydrogens is 336 g/mol. The Morgan fingerprint density at radius 1 is 1.43 bits per heavy atom. The Labute approximate surface area is 132 Å². The van der Waals surface area contributed by atoms with E-state index in [1.807, 2.05) is 32.0 Å². The Hall–Kier alpha value is -1.56. The Morgan fingerprint density at radius 2 is 2.14 bits per heavy atom. The van der Waals surface area contributed by atoms with Crippen molar-refractivity contribution in [1.82, 2.24) is 4.90 Å². The fourth-order valence-corrected chi connectivity index (χ4v) is 3.06. The third kappa shape index (κ3) is 3.56. The average molecular weight is 355 g/mol. The normalized spacial score (nSPS) is 22.0. The van der Waals surface area contributed by atoms with Gasteiger partial charge in [-0.2, -0.15) is 0 Å². The maximum Gasteiger partial charge on any atom is 0.326 e. The van der Waals surface area contributed by atoms with Gasteiger partial charge < -0.3 is 15.3 Å². The third-order valence-corrected chi connectivity index (χ3v) is 4.50. The summed E-state index contributed by atoms with van der Waals surface area (Å²) in [4.78, 5) is 25.3. The molecule has 0 aliphatic carbocycles. The minimum atomic E-state index is -0.944. The van der Waals surface area contributed by atoms with Crippen molar-refractivity contribution < 1.29 is 14.7 Å². The highest BCUT2D eigenvalue weighted by Crippen LogP contribution is 2.27. The molecule has 1 saturated heterocycles. The van der Waals surface area contributed by atoms with Gasteiger partial charge in [-0.1, -0.05) is 13.0 Å². The van der Waals surface area contributed by atoms with E-state index < -0.39 is 12.0 Å². The van der Waals surface area contributed by atoms with Crippen molar-refractivity contribution in [3.8, 4) is 0 Å². The molecular formula is C15H19BrN2O3. The van der Waals surface area contributed by atoms with E-state index in [0.717, 1.165) is 22.9 Å². The molecule has 114 valence electrons. The summed E-state index contributed by atoms with van der Waals surface area (Å²) in [5, 5.41) is 12.2. The highest BCUT2D eigenvalue weighted by atomic mass is 79.9. The lowest BCUT2D eigenvalue weighted by molar-refractivity contribution is -0.145. The maximum atomic E-state index is 12.4. The molecule has 0 spiro atoms. The number of nitrogens with zero attached hydrogens (tertiary/aromatic N) is 1. The molecule has 1 fully saturated rings. The number of halogens is 1. The number of aryl methyl sites for hydroxylation is 1. The van der Waals surface area contributed by atoms with Crippen LogP contribution in [-0.2, 0) is 4.79 Å². The van der Waals surface area contributed by atoms with Crippen LogP contribution in [0.25, 0.3) is 0 Å². The standard InChI is InChI=1S/C15H19BrN2O3/c1-9-5-6-11(16)12(8-9)17-15(21)18-7-3-4-10(2)13(18)14(19)20/h5-6,8,10,13H,3-4,7H2,1-2H3,(H,17,21)(H,19,20). The molecule has 2 N–H and O–H groups in total. The molecule has 2 rings (SSSR count). The first-order valence-corrected chi connectivity index (χ1v) is 7.76. The van der Waals surface area contributed by atoms with Crippen molar-refractivity contribution >= 4 is 33.6 Å². The summed E-state index contributed by atoms with van der Waals surface area (Å²) in [7, 11) is 0. The van der Waals surface area contributed by atoms with Gasteiger partial charge in [-0.3, -0.25) is 0 Å². The predicted molar refractivity (Wildman–Crippen MR) is 84.4 cm³/mol. The molecule has 1 heterocycles. The van der Waals surface area contributed by atoms with E-state index in [4.69, 9.17) is 0 Å². The van der Waals surface area contributed by atoms with E-state index in [-0.39, 0.29) is 11.9 Å². The van der Waals surface area contributed by atoms with E-state index in [2.05, 4.69) is 21.2 Å². The number of piperidine rings is 1. The van der Waals surface area contributed by atoms with Crippen molar-refractivity contribution in [2.24, 2.45) is 5.92 Å². The number of carbonyl (C=O) groups excluding carboxylic acids is 1. The number of carbonyl (C=O) groups is 2. The van der Waals surface area contributed by atoms with E-state index >= 15 is 0 Å². The maximum absolute atomic E-state index is 12.4. The second-order valence-electron chi connectivity index (χ2n) is 5.51. The van der Waals surface area contributed by atoms with Gasteiger partial charge >= 0.3 is 12.0 Å². The number of amides is 2. The lowest BCUT2D eigenvalue weighted by atomic mass is 9.91. The Kier molecular flexibility index (Phi) is 4.88. The number of anilines is 1. The van der Waals surface area contributed by atoms with Gasteiger partial charge in [-0.05, 0) is 59.3 Å². The Bertz CT molecular complexity index is 562. The molecule has 2 atom stereocenters. The monoisotopic (exact) mass is 354 g/mol. The smallest absolute Gasteiger partial charge is 0.326 e. The van der Waals surface area contributed by atoms with E-state index in [1.54, 1.807) is 0 Å². The van der Waals surface area contributed by atoms with Crippen LogP contribution in [-0.4, -0.2) is 34.6 Å². The number of aliphatic carboxylic acids is 1. The van der Waals surface area contributed by atoms with Crippen LogP contribution in [0.1, 0.15) is 25.3 Å². The number of nitrogens with one attached hydrogen (secondary N) is 1. The third-order valence-electron chi connectivity index (χ3n) is 3.81. The largest absolute Gasteiger partial charge is 0.480 e. The number of rotatable bonds is 2. The SMILES string of the molecule is Cc1ccc(Br)c(NC(=O)N2CCCC(C)C2C(=O)O)c1. The zero-order valence-corrected chi connectivity index (χ0v) is 13.7. The van der Waals surface area contributed by atoms with Gasteiger partial charge in [0.05, 0.1) is 5.69 Å². The predicted octanol–water partition coefficient (Wildman–Crippen LogP) is 3.47. The Balaban J connectivity index is 2.18. The van der Waals surface area contributed by atoms with Crippen molar-refractivity contribution in [1.29, 1.82) is 0 Å². The molecule has 2 unspecified atom stereocenters. The summed E-state index contributed by atoms with van der Waals surface area (Å²) < 4.78 is 0.776. The molecule has 0 aromatic heterocycles. The summed E-state index contributed by atoms with van der Waals surface area (Å²) in [5.41, 5.74) is 1.68. The molecule has 5 nitrogen and oxygen atoms in total. The molecule has 6 heteroatoms. The lowest BCUT2D eigenvalue weighted by Gasteiger charge is -2.37. The minimum absolute atomic E-state index is 0.0389. The number of carboxylic acids is 1. The first-order valence-electron chi connectivity index (χ1n) is 6.96. The van der Waals surface area contributed by atoms with Crippen LogP contribution in [0, 0.1) is 12.8 Å². The molecule has 0 saturated carbocycles. The van der Waals surface area contributed by atoms with Crippen LogP contribution in [0.15, 0.2) is 22.7 Å². The summed E-state index contributed by atoms with van der Waals surface area (Å²) in [5.74, 6) is -0.983. The quantitative estimate of drug-likeness (QED) is 0.853. The van der Waals surface area contributed by atoms with Gasteiger partial charge in [0, 0.05) is 11.0 Å². The highest BCUT2D eigenvalue weighted by molar-refractivity contribution is 9.10. The van der Waals surface area contributed by atoms with Gasteiger partial charge in [0.1, 0.15) is 6.04 Å². The topological polar surface area (TPSA) is 69.6 Å². The van der Waals surface area contributed by atoms with E-state index in [1.165, 1.54) is 4.90 Å². The van der Waals surface area contributed by atoms with Gasteiger partial charge in [-0.15, -0.1) is 0 Å². The van der Waals surface area contributed by atoms with Crippen LogP contribution in [0.5, 0.6) is 0 Å². The van der Waals surface area contributed by atoms with E-state index in [9.17, 15) is 14.7 Å². The number of hydrogen-bond donors (Lipinski definition) is 2. The Morgan fingerprint density at radius 3 is 2.81 bits per heavy atom. The number of hydrogen-bond acceptors (Lipinski definition) is 2. The molecule has 21 heavy (non-hydrogen) atoms. The van der Waals surface area contributed by atoms with Gasteiger partial charge in [0.15, 0.2) is 0 Å². The second-order valence-corrected chi connectivity index (χ2v) is 6.36. The van der Waals surface area contributed by atoms with Crippen molar-refractivity contribution in [2.45, 2.75) is 32.7 Å². The molecule has 1 aliphatic rings. The molecule has 1 aromatic rings. The zero-order chi connectivity index (χ0) is 15.6. The summed E-state index contributed by atoms with van der Waals surface area (Å²) >= 11 is 3.39. The van der Waals surface area contributed by atoms with Gasteiger partial charge in [0.25, 0.3) is 0 Å². The van der Waals surface area contributed by atoms with Crippen LogP contribution in [0.3, 0.4) is 0 Å². The zero-order valence-electron chi connectivity index (χ0n) is 12.1. The van der Waals surface area contributed by atoms with Gasteiger partial charge in [-0.25, -0.2) is 9.59 Å². The van der Waals surface area contributed by atoms with Crippen LogP contribution in [0.2, 0.25) is 0 Å². The highest BCUT2D eigenvalue weighted by Gasteiger charge is 2.37. The first-order chi connectivity index (χ1) is 9.90. The van der Waals surface area contributed by atoms with Crippen molar-refractivity contribution in [2.75, 3.05) is 11.9 Å². The molecule has 1 aromatic carbocycles. The first kappa shape index (κ1) is 15.8. The number of carboxylic acid groups (broad SMARTS) is 1. The fraction of sp³-hybridized carbons (Fsp3) is 0.467. The molecule has 0 radical (unpaired) electrons. The average Bonchev–Trinajstić information content (AvgIpc) is 2.42. The van der Waals surface area contributed by atoms with Crippen molar-refractivity contribution in [3.63, 3.8) is 0 Å². The van der Waals surface area contributed by atoms with Crippen molar-refractivity contribution in [3.05, 3.63) is 28.2 Å². The molecule has 2 amide bonds. The number of likely N-dealkylation sites (tertiary alicyclic amines) is 1. The van der Waals surface area contributed by atoms with Crippen LogP contribution in [0.4, 0.5) is 10.5 Å². The van der Waals surface area contributed by atoms with E-state index in [0.29, 0.717) is 12.2 Å². The summed E-state index contributed by atoms with van der Waals surface area (Å²) in [6.45, 7) is 4.28. The lowest BCUT2D eigenvalue weighted by Crippen LogP contribution is -2.53. The van der Waals surface area contributed by atoms with Crippen LogP contribution < -0.4 is 5.32 Å². The number of benzene rings is 1. The number of urea groups is 1. The summed E-state index contributed by atoms with van der Waals surface area (Å²) in [6.07, 6.45) is 1.66. The second kappa shape index (κ2) is 6.47. The summed E-state index contributed by atoms with van der Waals surface area (Å²) in [6, 6.07) is 4.52. The van der Waals surface area contributed by atoms with Gasteiger partial charge in [0.2, 0.25) is 0 Å². The molecule has 1 aliphatic heterocycles. The van der Waals surface area contributed by atoms with Crippen LogP contribution >= 0.6 is 15.9 Å². The molecule has 0 bridgehead atoms. The minimum Gasteiger partial charge on any atom is -0.480 e.